The highest BCUT2D eigenvalue weighted by molar-refractivity contribution is 7.98. The van der Waals surface area contributed by atoms with Crippen LogP contribution in [0.2, 0.25) is 0 Å². The van der Waals surface area contributed by atoms with E-state index < -0.39 is 29.6 Å². The van der Waals surface area contributed by atoms with Crippen LogP contribution >= 0.6 is 11.8 Å². The number of thioether (sulfide) groups is 1. The predicted octanol–water partition coefficient (Wildman–Crippen LogP) is 4.78. The van der Waals surface area contributed by atoms with Gasteiger partial charge < -0.3 is 20.3 Å². The second kappa shape index (κ2) is 10.9. The van der Waals surface area contributed by atoms with E-state index in [1.165, 1.54) is 17.0 Å². The van der Waals surface area contributed by atoms with E-state index in [-0.39, 0.29) is 36.1 Å². The highest BCUT2D eigenvalue weighted by Crippen LogP contribution is 2.55. The highest BCUT2D eigenvalue weighted by Gasteiger charge is 2.72. The molecular formula is C32H36FN3O4S. The molecule has 2 bridgehead atoms. The predicted molar refractivity (Wildman–Crippen MR) is 155 cm³/mol. The lowest BCUT2D eigenvalue weighted by Gasteiger charge is -2.38. The van der Waals surface area contributed by atoms with E-state index in [1.54, 1.807) is 23.9 Å². The maximum absolute atomic E-state index is 14.2. The van der Waals surface area contributed by atoms with Crippen LogP contribution in [0.15, 0.2) is 65.6 Å². The lowest BCUT2D eigenvalue weighted by Crippen LogP contribution is -2.57. The van der Waals surface area contributed by atoms with E-state index in [0.29, 0.717) is 23.1 Å². The third kappa shape index (κ3) is 4.87. The molecular weight excluding hydrogens is 541 g/mol. The van der Waals surface area contributed by atoms with E-state index in [1.807, 2.05) is 42.7 Å². The number of carbonyl (C=O) groups excluding carboxylic acids is 3. The van der Waals surface area contributed by atoms with Crippen molar-refractivity contribution in [3.63, 3.8) is 0 Å². The minimum absolute atomic E-state index is 0.00476. The van der Waals surface area contributed by atoms with Crippen LogP contribution in [-0.4, -0.2) is 52.7 Å². The van der Waals surface area contributed by atoms with Crippen molar-refractivity contribution in [2.75, 3.05) is 11.6 Å². The molecule has 0 aromatic heterocycles. The zero-order valence-corrected chi connectivity index (χ0v) is 24.3. The van der Waals surface area contributed by atoms with Crippen LogP contribution in [0.1, 0.15) is 38.7 Å². The van der Waals surface area contributed by atoms with Crippen molar-refractivity contribution in [1.29, 1.82) is 0 Å². The summed E-state index contributed by atoms with van der Waals surface area (Å²) in [5.74, 6) is -2.11. The first-order valence-corrected chi connectivity index (χ1v) is 15.6. The number of carbonyl (C=O) groups is 3. The van der Waals surface area contributed by atoms with Gasteiger partial charge in [0.05, 0.1) is 17.9 Å². The first kappa shape index (κ1) is 28.0. The number of nitrogens with zero attached hydrogens (tertiary/aromatic N) is 1. The van der Waals surface area contributed by atoms with Crippen molar-refractivity contribution >= 4 is 35.2 Å². The van der Waals surface area contributed by atoms with E-state index in [4.69, 9.17) is 4.74 Å². The molecule has 2 aromatic carbocycles. The Bertz CT molecular complexity index is 1380. The van der Waals surface area contributed by atoms with Crippen molar-refractivity contribution in [2.24, 2.45) is 23.7 Å². The molecule has 9 heteroatoms. The summed E-state index contributed by atoms with van der Waals surface area (Å²) in [5, 5.41) is 6.25. The molecule has 1 saturated carbocycles. The summed E-state index contributed by atoms with van der Waals surface area (Å²) in [6.45, 7) is 4.48. The third-order valence-corrected chi connectivity index (χ3v) is 10.3. The number of ether oxygens (including phenoxy) is 1. The molecule has 6 rings (SSSR count). The zero-order valence-electron chi connectivity index (χ0n) is 23.5. The fourth-order valence-corrected chi connectivity index (χ4v) is 7.66. The Balaban J connectivity index is 1.32. The Morgan fingerprint density at radius 2 is 1.90 bits per heavy atom. The molecule has 0 radical (unpaired) electrons. The molecule has 216 valence electrons. The maximum atomic E-state index is 14.2. The van der Waals surface area contributed by atoms with Crippen molar-refractivity contribution in [2.45, 2.75) is 68.3 Å². The molecule has 1 spiro atoms. The Hall–Kier alpha value is -3.17. The Kier molecular flexibility index (Phi) is 7.44. The Morgan fingerprint density at radius 3 is 2.66 bits per heavy atom. The number of hydrogen-bond donors (Lipinski definition) is 2. The normalized spacial score (nSPS) is 33.6. The summed E-state index contributed by atoms with van der Waals surface area (Å²) in [6, 6.07) is 12.5. The number of nitrogens with one attached hydrogen (secondary N) is 2. The highest BCUT2D eigenvalue weighted by atomic mass is 32.2. The van der Waals surface area contributed by atoms with Gasteiger partial charge in [0.2, 0.25) is 17.7 Å². The van der Waals surface area contributed by atoms with Gasteiger partial charge in [0.25, 0.3) is 0 Å². The molecule has 3 aliphatic heterocycles. The molecule has 1 aliphatic carbocycles. The van der Waals surface area contributed by atoms with Gasteiger partial charge in [0.15, 0.2) is 0 Å². The number of benzene rings is 2. The van der Waals surface area contributed by atoms with Gasteiger partial charge in [-0.25, -0.2) is 4.39 Å². The van der Waals surface area contributed by atoms with Crippen molar-refractivity contribution in [1.82, 2.24) is 10.2 Å². The van der Waals surface area contributed by atoms with Crippen LogP contribution < -0.4 is 10.6 Å². The van der Waals surface area contributed by atoms with Crippen LogP contribution in [0.25, 0.3) is 0 Å². The van der Waals surface area contributed by atoms with E-state index >= 15 is 0 Å². The smallest absolute Gasteiger partial charge is 0.246 e. The van der Waals surface area contributed by atoms with Gasteiger partial charge in [-0.2, -0.15) is 0 Å². The number of hydrogen-bond acceptors (Lipinski definition) is 5. The molecule has 7 nitrogen and oxygen atoms in total. The fraction of sp³-hybridized carbons (Fsp3) is 0.469. The van der Waals surface area contributed by atoms with Gasteiger partial charge in [0, 0.05) is 23.2 Å². The number of fused-ring (bicyclic) bond motifs is 1. The van der Waals surface area contributed by atoms with Gasteiger partial charge in [-0.05, 0) is 60.4 Å². The molecule has 3 amide bonds. The van der Waals surface area contributed by atoms with Gasteiger partial charge >= 0.3 is 0 Å². The van der Waals surface area contributed by atoms with Crippen LogP contribution in [0.5, 0.6) is 0 Å². The fourth-order valence-electron chi connectivity index (χ4n) is 7.20. The number of rotatable bonds is 7. The second-order valence-corrected chi connectivity index (χ2v) is 12.8. The monoisotopic (exact) mass is 577 g/mol. The minimum atomic E-state index is -1.25. The SMILES string of the molecule is CSc1cccc(NC(=O)C2[C@@H]3C=CC4(O3)C(C(=O)NC3CCCC(C)C3C)N(Cc3ccc(F)cc3)C(=O)[C@H]24)c1. The topological polar surface area (TPSA) is 87.7 Å². The molecule has 2 aromatic rings. The largest absolute Gasteiger partial charge is 0.359 e. The third-order valence-electron chi connectivity index (χ3n) is 9.56. The molecule has 2 saturated heterocycles. The van der Waals surface area contributed by atoms with Crippen LogP contribution in [0.4, 0.5) is 10.1 Å². The Morgan fingerprint density at radius 1 is 1.12 bits per heavy atom. The summed E-state index contributed by atoms with van der Waals surface area (Å²) in [6.07, 6.45) is 8.04. The molecule has 41 heavy (non-hydrogen) atoms. The number of likely N-dealkylation sites (tertiary alicyclic amines) is 1. The standard InChI is InChI=1S/C32H36FN3O4S/c1-18-6-4-9-24(19(18)2)35-30(38)28-32-15-14-25(40-32)26(29(37)34-22-7-5-8-23(16-22)41-3)27(32)31(39)36(28)17-20-10-12-21(33)13-11-20/h5,7-8,10-16,18-19,24-28H,4,6,9,17H2,1-3H3,(H,34,37)(H,35,38)/t18?,19?,24?,25-,26?,27-,28?,32?/m0/s1. The van der Waals surface area contributed by atoms with Crippen LogP contribution in [-0.2, 0) is 25.7 Å². The molecule has 8 atom stereocenters. The summed E-state index contributed by atoms with van der Waals surface area (Å²) >= 11 is 1.57. The van der Waals surface area contributed by atoms with Crippen molar-refractivity contribution in [3.05, 3.63) is 72.1 Å². The zero-order chi connectivity index (χ0) is 28.9. The second-order valence-electron chi connectivity index (χ2n) is 11.9. The van der Waals surface area contributed by atoms with Crippen LogP contribution in [0.3, 0.4) is 0 Å². The van der Waals surface area contributed by atoms with E-state index in [2.05, 4.69) is 24.5 Å². The first-order valence-electron chi connectivity index (χ1n) is 14.4. The summed E-state index contributed by atoms with van der Waals surface area (Å²) in [5.41, 5.74) is 0.0892. The molecule has 6 unspecified atom stereocenters. The average molecular weight is 578 g/mol. The van der Waals surface area contributed by atoms with E-state index in [0.717, 1.165) is 24.2 Å². The molecule has 3 heterocycles. The average Bonchev–Trinajstić information content (AvgIpc) is 3.60. The van der Waals surface area contributed by atoms with Crippen molar-refractivity contribution in [3.8, 4) is 0 Å². The minimum Gasteiger partial charge on any atom is -0.359 e. The lowest BCUT2D eigenvalue weighted by atomic mass is 9.73. The van der Waals surface area contributed by atoms with Gasteiger partial charge in [0.1, 0.15) is 17.5 Å². The first-order chi connectivity index (χ1) is 19.7. The number of amides is 3. The van der Waals surface area contributed by atoms with Gasteiger partial charge in [-0.1, -0.05) is 57.0 Å². The molecule has 4 aliphatic rings. The van der Waals surface area contributed by atoms with Crippen molar-refractivity contribution < 1.29 is 23.5 Å². The lowest BCUT2D eigenvalue weighted by molar-refractivity contribution is -0.142. The maximum Gasteiger partial charge on any atom is 0.246 e. The summed E-state index contributed by atoms with van der Waals surface area (Å²) < 4.78 is 20.1. The Labute approximate surface area is 244 Å². The van der Waals surface area contributed by atoms with E-state index in [9.17, 15) is 18.8 Å². The number of halogens is 1. The summed E-state index contributed by atoms with van der Waals surface area (Å²) in [4.78, 5) is 44.6. The number of anilines is 1. The molecule has 2 N–H and O–H groups in total. The quantitative estimate of drug-likeness (QED) is 0.366. The summed E-state index contributed by atoms with van der Waals surface area (Å²) in [7, 11) is 0. The molecule has 3 fully saturated rings. The van der Waals surface area contributed by atoms with Gasteiger partial charge in [-0.3, -0.25) is 14.4 Å². The van der Waals surface area contributed by atoms with Crippen LogP contribution in [0, 0.1) is 29.5 Å². The van der Waals surface area contributed by atoms with Gasteiger partial charge in [-0.15, -0.1) is 11.8 Å².